The molecule has 2 unspecified atom stereocenters. The van der Waals surface area contributed by atoms with E-state index in [1.54, 1.807) is 0 Å². The molecule has 0 heterocycles. The van der Waals surface area contributed by atoms with Gasteiger partial charge in [0.15, 0.2) is 4.90 Å². The Bertz CT molecular complexity index is 498. The molecule has 1 saturated carbocycles. The summed E-state index contributed by atoms with van der Waals surface area (Å²) in [5, 5.41) is 9.45. The zero-order valence-electron chi connectivity index (χ0n) is 13.7. The van der Waals surface area contributed by atoms with Crippen LogP contribution in [0.4, 0.5) is 0 Å². The summed E-state index contributed by atoms with van der Waals surface area (Å²) in [5.74, 6) is 1.03. The fourth-order valence-electron chi connectivity index (χ4n) is 3.27. The Hall–Kier alpha value is -1.02. The van der Waals surface area contributed by atoms with Gasteiger partial charge >= 0.3 is 0 Å². The predicted molar refractivity (Wildman–Crippen MR) is 90.3 cm³/mol. The van der Waals surface area contributed by atoms with Gasteiger partial charge in [-0.2, -0.15) is 5.26 Å². The van der Waals surface area contributed by atoms with E-state index >= 15 is 0 Å². The van der Waals surface area contributed by atoms with Crippen LogP contribution in [-0.4, -0.2) is 10.6 Å². The van der Waals surface area contributed by atoms with E-state index < -0.39 is 11.4 Å². The normalized spacial score (nSPS) is 25.2. The summed E-state index contributed by atoms with van der Waals surface area (Å²) in [6, 6.07) is 11.3. The van der Waals surface area contributed by atoms with Gasteiger partial charge in [0.1, 0.15) is 6.04 Å². The van der Waals surface area contributed by atoms with Crippen LogP contribution in [0, 0.1) is 28.6 Å². The van der Waals surface area contributed by atoms with Crippen LogP contribution in [0.2, 0.25) is 0 Å². The van der Waals surface area contributed by atoms with Gasteiger partial charge in [-0.1, -0.05) is 39.0 Å². The Balaban J connectivity index is 1.92. The second kappa shape index (κ2) is 7.50. The van der Waals surface area contributed by atoms with Crippen molar-refractivity contribution >= 4 is 11.4 Å². The highest BCUT2D eigenvalue weighted by atomic mass is 32.2. The molecule has 1 fully saturated rings. The molecule has 1 N–H and O–H groups in total. The van der Waals surface area contributed by atoms with Crippen LogP contribution in [0.3, 0.4) is 0 Å². The third-order valence-corrected chi connectivity index (χ3v) is 5.97. The van der Waals surface area contributed by atoms with Crippen LogP contribution in [0.25, 0.3) is 0 Å². The van der Waals surface area contributed by atoms with Crippen molar-refractivity contribution in [2.75, 3.05) is 0 Å². The summed E-state index contributed by atoms with van der Waals surface area (Å²) in [7, 11) is 0. The molecule has 0 saturated heterocycles. The van der Waals surface area contributed by atoms with Crippen molar-refractivity contribution in [3.05, 3.63) is 30.3 Å². The summed E-state index contributed by atoms with van der Waals surface area (Å²) in [4.78, 5) is 0.728. The third-order valence-electron chi connectivity index (χ3n) is 4.80. The van der Waals surface area contributed by atoms with Gasteiger partial charge in [-0.05, 0) is 55.1 Å². The van der Waals surface area contributed by atoms with Gasteiger partial charge in [-0.3, -0.25) is 0 Å². The molecule has 0 aliphatic heterocycles. The van der Waals surface area contributed by atoms with Gasteiger partial charge in [0, 0.05) is 0 Å². The second-order valence-corrected chi connectivity index (χ2v) is 8.53. The molecule has 1 aliphatic carbocycles. The van der Waals surface area contributed by atoms with Gasteiger partial charge in [0.2, 0.25) is 0 Å². The summed E-state index contributed by atoms with van der Waals surface area (Å²) < 4.78 is 15.3. The lowest BCUT2D eigenvalue weighted by Crippen LogP contribution is -2.41. The molecular formula is C18H26N2OS. The number of nitrogens with one attached hydrogen (secondary N) is 1. The van der Waals surface area contributed by atoms with Crippen LogP contribution in [0.1, 0.15) is 46.5 Å². The quantitative estimate of drug-likeness (QED) is 0.852. The topological polar surface area (TPSA) is 58.9 Å². The minimum atomic E-state index is -1.31. The molecule has 0 amide bonds. The summed E-state index contributed by atoms with van der Waals surface area (Å²) in [6.45, 7) is 6.88. The van der Waals surface area contributed by atoms with Crippen molar-refractivity contribution in [1.29, 1.82) is 5.26 Å². The molecule has 0 radical (unpaired) electrons. The number of hydrogen-bond acceptors (Lipinski definition) is 3. The Labute approximate surface area is 137 Å². The Kier molecular flexibility index (Phi) is 5.91. The number of nitrogens with zero attached hydrogens (tertiary/aromatic N) is 1. The minimum absolute atomic E-state index is 0.302. The van der Waals surface area contributed by atoms with Crippen LogP contribution in [0.5, 0.6) is 0 Å². The second-order valence-electron chi connectivity index (χ2n) is 7.28. The zero-order valence-corrected chi connectivity index (χ0v) is 14.5. The predicted octanol–water partition coefficient (Wildman–Crippen LogP) is 4.04. The maximum absolute atomic E-state index is 12.3. The van der Waals surface area contributed by atoms with Gasteiger partial charge in [-0.25, -0.2) is 0 Å². The highest BCUT2D eigenvalue weighted by Gasteiger charge is 2.34. The molecule has 1 aromatic rings. The maximum atomic E-state index is 12.3. The molecule has 2 rings (SSSR count). The molecule has 0 bridgehead atoms. The lowest BCUT2D eigenvalue weighted by atomic mass is 9.69. The van der Waals surface area contributed by atoms with Crippen LogP contribution in [0.15, 0.2) is 35.2 Å². The van der Waals surface area contributed by atoms with Crippen molar-refractivity contribution in [2.24, 2.45) is 17.3 Å². The van der Waals surface area contributed by atoms with E-state index in [0.29, 0.717) is 11.3 Å². The first kappa shape index (κ1) is 17.3. The van der Waals surface area contributed by atoms with Crippen LogP contribution >= 0.6 is 0 Å². The fourth-order valence-corrected chi connectivity index (χ4v) is 4.29. The van der Waals surface area contributed by atoms with E-state index in [9.17, 15) is 9.81 Å². The number of benzene rings is 1. The molecular weight excluding hydrogens is 292 g/mol. The molecule has 120 valence electrons. The number of hydrogen-bond donors (Lipinski definition) is 1. The van der Waals surface area contributed by atoms with Crippen LogP contribution < -0.4 is 4.72 Å². The molecule has 22 heavy (non-hydrogen) atoms. The highest BCUT2D eigenvalue weighted by Crippen LogP contribution is 2.40. The molecule has 2 atom stereocenters. The van der Waals surface area contributed by atoms with E-state index in [1.165, 1.54) is 0 Å². The van der Waals surface area contributed by atoms with E-state index in [0.717, 1.165) is 36.5 Å². The Morgan fingerprint density at radius 2 is 1.77 bits per heavy atom. The summed E-state index contributed by atoms with van der Waals surface area (Å²) in [6.07, 6.45) is 4.40. The Morgan fingerprint density at radius 1 is 1.18 bits per heavy atom. The van der Waals surface area contributed by atoms with E-state index in [-0.39, 0.29) is 6.04 Å². The largest absolute Gasteiger partial charge is 0.593 e. The molecule has 1 aromatic carbocycles. The SMILES string of the molecule is CC(C)(C)C1CCC(C(C#N)N[S+]([O-])c2ccccc2)CC1. The minimum Gasteiger partial charge on any atom is -0.593 e. The molecule has 4 heteroatoms. The summed E-state index contributed by atoms with van der Waals surface area (Å²) in [5.41, 5.74) is 0.341. The first-order chi connectivity index (χ1) is 10.4. The van der Waals surface area contributed by atoms with E-state index in [2.05, 4.69) is 31.6 Å². The van der Waals surface area contributed by atoms with E-state index in [1.807, 2.05) is 30.3 Å². The average molecular weight is 318 g/mol. The lowest BCUT2D eigenvalue weighted by Gasteiger charge is -2.38. The van der Waals surface area contributed by atoms with Gasteiger partial charge in [0.05, 0.1) is 17.4 Å². The first-order valence-corrected chi connectivity index (χ1v) is 9.19. The van der Waals surface area contributed by atoms with Crippen LogP contribution in [-0.2, 0) is 11.4 Å². The lowest BCUT2D eigenvalue weighted by molar-refractivity contribution is 0.144. The molecule has 3 nitrogen and oxygen atoms in total. The van der Waals surface area contributed by atoms with E-state index in [4.69, 9.17) is 0 Å². The first-order valence-electron chi connectivity index (χ1n) is 8.04. The zero-order chi connectivity index (χ0) is 16.2. The molecule has 1 aliphatic rings. The van der Waals surface area contributed by atoms with Crippen molar-refractivity contribution < 1.29 is 4.55 Å². The molecule has 0 aromatic heterocycles. The standard InChI is InChI=1S/C18H26N2OS/c1-18(2,3)15-11-9-14(10-12-15)17(13-19)20-22(21)16-7-5-4-6-8-16/h4-8,14-15,17,20H,9-12H2,1-3H3. The Morgan fingerprint density at radius 3 is 2.27 bits per heavy atom. The van der Waals surface area contributed by atoms with Crippen molar-refractivity contribution in [3.63, 3.8) is 0 Å². The maximum Gasteiger partial charge on any atom is 0.173 e. The summed E-state index contributed by atoms with van der Waals surface area (Å²) >= 11 is -1.31. The van der Waals surface area contributed by atoms with Crippen molar-refractivity contribution in [3.8, 4) is 6.07 Å². The molecule has 0 spiro atoms. The van der Waals surface area contributed by atoms with Crippen molar-refractivity contribution in [1.82, 2.24) is 4.72 Å². The van der Waals surface area contributed by atoms with Crippen molar-refractivity contribution in [2.45, 2.75) is 57.4 Å². The van der Waals surface area contributed by atoms with Gasteiger partial charge in [-0.15, -0.1) is 4.72 Å². The average Bonchev–Trinajstić information content (AvgIpc) is 2.52. The fraction of sp³-hybridized carbons (Fsp3) is 0.611. The third kappa shape index (κ3) is 4.49. The number of nitriles is 1. The van der Waals surface area contributed by atoms with Gasteiger partial charge in [0.25, 0.3) is 0 Å². The van der Waals surface area contributed by atoms with Gasteiger partial charge < -0.3 is 4.55 Å². The smallest absolute Gasteiger partial charge is 0.173 e. The monoisotopic (exact) mass is 318 g/mol. The highest BCUT2D eigenvalue weighted by molar-refractivity contribution is 7.89. The number of rotatable bonds is 4.